The Morgan fingerprint density at radius 1 is 1.67 bits per heavy atom. The molecule has 2 N–H and O–H groups in total. The predicted octanol–water partition coefficient (Wildman–Crippen LogP) is 0.802. The Kier molecular flexibility index (Phi) is 2.83. The first-order valence-electron chi connectivity index (χ1n) is 4.68. The quantitative estimate of drug-likeness (QED) is 0.770. The molecule has 0 atom stereocenters. The van der Waals surface area contributed by atoms with Crippen LogP contribution in [-0.2, 0) is 4.74 Å². The number of aromatic nitrogens is 1. The molecule has 2 rings (SSSR count). The standard InChI is InChI=1S/C10H12N2O2S/c1-6-2-3-12-10(8(6)9(11)15)14-7-4-13-5-7/h2-3,7H,4-5H2,1H3,(H2,11,15). The molecule has 0 saturated carbocycles. The van der Waals surface area contributed by atoms with Crippen LogP contribution in [0, 0.1) is 6.92 Å². The van der Waals surface area contributed by atoms with Crippen molar-refractivity contribution in [2.24, 2.45) is 5.73 Å². The molecule has 1 aromatic heterocycles. The second-order valence-corrected chi connectivity index (χ2v) is 3.89. The van der Waals surface area contributed by atoms with Crippen molar-refractivity contribution in [3.05, 3.63) is 23.4 Å². The summed E-state index contributed by atoms with van der Waals surface area (Å²) in [6, 6.07) is 1.86. The molecule has 0 bridgehead atoms. The van der Waals surface area contributed by atoms with Crippen LogP contribution in [0.15, 0.2) is 12.3 Å². The average Bonchev–Trinajstić information content (AvgIpc) is 2.10. The molecule has 2 heterocycles. The Labute approximate surface area is 93.4 Å². The number of ether oxygens (including phenoxy) is 2. The molecule has 4 nitrogen and oxygen atoms in total. The van der Waals surface area contributed by atoms with Crippen LogP contribution in [0.2, 0.25) is 0 Å². The molecular weight excluding hydrogens is 212 g/mol. The molecule has 1 aliphatic heterocycles. The van der Waals surface area contributed by atoms with Crippen molar-refractivity contribution in [2.75, 3.05) is 13.2 Å². The molecule has 5 heteroatoms. The van der Waals surface area contributed by atoms with Gasteiger partial charge in [-0.15, -0.1) is 0 Å². The number of hydrogen-bond donors (Lipinski definition) is 1. The number of nitrogens with zero attached hydrogens (tertiary/aromatic N) is 1. The third kappa shape index (κ3) is 2.08. The molecule has 80 valence electrons. The van der Waals surface area contributed by atoms with E-state index < -0.39 is 0 Å². The van der Waals surface area contributed by atoms with Crippen LogP contribution in [-0.4, -0.2) is 29.3 Å². The second kappa shape index (κ2) is 4.12. The highest BCUT2D eigenvalue weighted by Gasteiger charge is 2.23. The van der Waals surface area contributed by atoms with E-state index in [4.69, 9.17) is 27.4 Å². The molecule has 0 spiro atoms. The molecule has 15 heavy (non-hydrogen) atoms. The fourth-order valence-corrected chi connectivity index (χ4v) is 1.61. The summed E-state index contributed by atoms with van der Waals surface area (Å²) >= 11 is 4.97. The number of aryl methyl sites for hydroxylation is 1. The summed E-state index contributed by atoms with van der Waals surface area (Å²) in [5.74, 6) is 0.510. The predicted molar refractivity (Wildman–Crippen MR) is 60.1 cm³/mol. The van der Waals surface area contributed by atoms with Gasteiger partial charge < -0.3 is 15.2 Å². The third-order valence-electron chi connectivity index (χ3n) is 2.26. The normalized spacial score (nSPS) is 15.8. The van der Waals surface area contributed by atoms with Gasteiger partial charge in [-0.3, -0.25) is 0 Å². The Balaban J connectivity index is 2.27. The number of nitrogens with two attached hydrogens (primary N) is 1. The maximum absolute atomic E-state index is 5.63. The summed E-state index contributed by atoms with van der Waals surface area (Å²) in [7, 11) is 0. The highest BCUT2D eigenvalue weighted by Crippen LogP contribution is 2.21. The van der Waals surface area contributed by atoms with Crippen LogP contribution in [0.25, 0.3) is 0 Å². The lowest BCUT2D eigenvalue weighted by Gasteiger charge is -2.27. The summed E-state index contributed by atoms with van der Waals surface area (Å²) < 4.78 is 10.6. The van der Waals surface area contributed by atoms with Gasteiger partial charge in [0.25, 0.3) is 0 Å². The molecule has 0 radical (unpaired) electrons. The zero-order valence-electron chi connectivity index (χ0n) is 8.40. The first-order valence-corrected chi connectivity index (χ1v) is 5.09. The van der Waals surface area contributed by atoms with Gasteiger partial charge >= 0.3 is 0 Å². The van der Waals surface area contributed by atoms with Gasteiger partial charge in [0.2, 0.25) is 5.88 Å². The molecule has 1 aliphatic rings. The highest BCUT2D eigenvalue weighted by molar-refractivity contribution is 7.80. The largest absolute Gasteiger partial charge is 0.469 e. The van der Waals surface area contributed by atoms with Crippen LogP contribution in [0.5, 0.6) is 5.88 Å². The molecule has 1 fully saturated rings. The maximum atomic E-state index is 5.63. The lowest BCUT2D eigenvalue weighted by molar-refractivity contribution is -0.0814. The average molecular weight is 224 g/mol. The van der Waals surface area contributed by atoms with Crippen LogP contribution in [0.4, 0.5) is 0 Å². The van der Waals surface area contributed by atoms with E-state index in [-0.39, 0.29) is 6.10 Å². The van der Waals surface area contributed by atoms with Gasteiger partial charge in [-0.05, 0) is 18.6 Å². The van der Waals surface area contributed by atoms with E-state index in [0.29, 0.717) is 24.1 Å². The van der Waals surface area contributed by atoms with Crippen molar-refractivity contribution in [2.45, 2.75) is 13.0 Å². The lowest BCUT2D eigenvalue weighted by atomic mass is 10.1. The molecule has 1 aromatic rings. The molecule has 0 amide bonds. The number of rotatable bonds is 3. The van der Waals surface area contributed by atoms with Crippen LogP contribution in [0.3, 0.4) is 0 Å². The summed E-state index contributed by atoms with van der Waals surface area (Å²) in [5.41, 5.74) is 7.33. The van der Waals surface area contributed by atoms with Crippen molar-refractivity contribution in [3.8, 4) is 5.88 Å². The van der Waals surface area contributed by atoms with E-state index >= 15 is 0 Å². The highest BCUT2D eigenvalue weighted by atomic mass is 32.1. The summed E-state index contributed by atoms with van der Waals surface area (Å²) in [6.45, 7) is 3.14. The Morgan fingerprint density at radius 3 is 2.93 bits per heavy atom. The van der Waals surface area contributed by atoms with Gasteiger partial charge in [0.1, 0.15) is 11.1 Å². The Morgan fingerprint density at radius 2 is 2.40 bits per heavy atom. The van der Waals surface area contributed by atoms with Crippen molar-refractivity contribution in [1.82, 2.24) is 4.98 Å². The van der Waals surface area contributed by atoms with Gasteiger partial charge in [-0.2, -0.15) is 0 Å². The fourth-order valence-electron chi connectivity index (χ4n) is 1.36. The van der Waals surface area contributed by atoms with Crippen molar-refractivity contribution < 1.29 is 9.47 Å². The summed E-state index contributed by atoms with van der Waals surface area (Å²) in [6.07, 6.45) is 1.76. The van der Waals surface area contributed by atoms with Gasteiger partial charge in [0, 0.05) is 6.20 Å². The van der Waals surface area contributed by atoms with Crippen molar-refractivity contribution in [1.29, 1.82) is 0 Å². The number of pyridine rings is 1. The van der Waals surface area contributed by atoms with Gasteiger partial charge in [0.15, 0.2) is 0 Å². The Hall–Kier alpha value is -1.20. The van der Waals surface area contributed by atoms with Gasteiger partial charge in [0.05, 0.1) is 18.8 Å². The van der Waals surface area contributed by atoms with Crippen LogP contribution < -0.4 is 10.5 Å². The van der Waals surface area contributed by atoms with Crippen LogP contribution in [0.1, 0.15) is 11.1 Å². The zero-order valence-corrected chi connectivity index (χ0v) is 9.21. The van der Waals surface area contributed by atoms with E-state index in [1.54, 1.807) is 6.20 Å². The lowest BCUT2D eigenvalue weighted by Crippen LogP contribution is -2.39. The van der Waals surface area contributed by atoms with Crippen molar-refractivity contribution in [3.63, 3.8) is 0 Å². The summed E-state index contributed by atoms with van der Waals surface area (Å²) in [5, 5.41) is 0. The Bertz CT molecular complexity index is 391. The van der Waals surface area contributed by atoms with Gasteiger partial charge in [-0.1, -0.05) is 12.2 Å². The van der Waals surface area contributed by atoms with E-state index in [1.807, 2.05) is 13.0 Å². The minimum atomic E-state index is 0.0763. The minimum Gasteiger partial charge on any atom is -0.469 e. The molecule has 0 unspecified atom stereocenters. The first kappa shape index (κ1) is 10.3. The first-order chi connectivity index (χ1) is 7.18. The van der Waals surface area contributed by atoms with E-state index in [0.717, 1.165) is 11.1 Å². The summed E-state index contributed by atoms with van der Waals surface area (Å²) in [4.78, 5) is 4.45. The number of hydrogen-bond acceptors (Lipinski definition) is 4. The monoisotopic (exact) mass is 224 g/mol. The third-order valence-corrected chi connectivity index (χ3v) is 2.46. The van der Waals surface area contributed by atoms with Gasteiger partial charge in [-0.25, -0.2) is 4.98 Å². The maximum Gasteiger partial charge on any atom is 0.224 e. The minimum absolute atomic E-state index is 0.0763. The van der Waals surface area contributed by atoms with E-state index in [2.05, 4.69) is 4.98 Å². The van der Waals surface area contributed by atoms with Crippen LogP contribution >= 0.6 is 12.2 Å². The van der Waals surface area contributed by atoms with E-state index in [9.17, 15) is 0 Å². The second-order valence-electron chi connectivity index (χ2n) is 3.45. The number of thiocarbonyl (C=S) groups is 1. The van der Waals surface area contributed by atoms with Crippen molar-refractivity contribution >= 4 is 17.2 Å². The molecule has 0 aromatic carbocycles. The molecular formula is C10H12N2O2S. The van der Waals surface area contributed by atoms with E-state index in [1.165, 1.54) is 0 Å². The molecule has 1 saturated heterocycles. The topological polar surface area (TPSA) is 57.4 Å². The smallest absolute Gasteiger partial charge is 0.224 e. The SMILES string of the molecule is Cc1ccnc(OC2COC2)c1C(N)=S. The zero-order chi connectivity index (χ0) is 10.8. The molecule has 0 aliphatic carbocycles. The fraction of sp³-hybridized carbons (Fsp3) is 0.400.